The smallest absolute Gasteiger partial charge is 0.224 e. The molecule has 6 heteroatoms. The fraction of sp³-hybridized carbons (Fsp3) is 0.333. The fourth-order valence-electron chi connectivity index (χ4n) is 1.49. The van der Waals surface area contributed by atoms with Crippen LogP contribution in [0.2, 0.25) is 0 Å². The molecule has 18 heavy (non-hydrogen) atoms. The average Bonchev–Trinajstić information content (AvgIpc) is 2.86. The lowest BCUT2D eigenvalue weighted by Gasteiger charge is -2.07. The number of rotatable bonds is 6. The van der Waals surface area contributed by atoms with E-state index in [4.69, 9.17) is 4.42 Å². The Morgan fingerprint density at radius 2 is 2.28 bits per heavy atom. The van der Waals surface area contributed by atoms with Gasteiger partial charge in [-0.3, -0.25) is 0 Å². The molecule has 2 heterocycles. The molecule has 0 unspecified atom stereocenters. The van der Waals surface area contributed by atoms with Gasteiger partial charge in [0, 0.05) is 19.5 Å². The number of hydrogen-bond acceptors (Lipinski definition) is 5. The van der Waals surface area contributed by atoms with Crippen LogP contribution < -0.4 is 10.6 Å². The van der Waals surface area contributed by atoms with Crippen LogP contribution in [0.3, 0.4) is 0 Å². The number of furan rings is 1. The van der Waals surface area contributed by atoms with E-state index in [1.54, 1.807) is 6.26 Å². The third kappa shape index (κ3) is 3.19. The molecular formula is C12H15FN4O. The number of halogens is 1. The zero-order valence-electron chi connectivity index (χ0n) is 10.1. The van der Waals surface area contributed by atoms with Crippen LogP contribution in [0.15, 0.2) is 29.0 Å². The van der Waals surface area contributed by atoms with Crippen LogP contribution in [0.4, 0.5) is 16.2 Å². The predicted molar refractivity (Wildman–Crippen MR) is 67.1 cm³/mol. The molecule has 0 saturated heterocycles. The summed E-state index contributed by atoms with van der Waals surface area (Å²) in [6.45, 7) is 3.17. The lowest BCUT2D eigenvalue weighted by molar-refractivity contribution is 0.512. The SMILES string of the molecule is CCNc1ncc(F)c(NCCc2ccco2)n1. The Balaban J connectivity index is 1.93. The summed E-state index contributed by atoms with van der Waals surface area (Å²) in [7, 11) is 0. The van der Waals surface area contributed by atoms with E-state index in [1.165, 1.54) is 0 Å². The normalized spacial score (nSPS) is 10.3. The molecule has 0 bridgehead atoms. The van der Waals surface area contributed by atoms with Gasteiger partial charge in [0.1, 0.15) is 5.76 Å². The van der Waals surface area contributed by atoms with Crippen molar-refractivity contribution in [2.75, 3.05) is 23.7 Å². The molecule has 0 aromatic carbocycles. The zero-order valence-corrected chi connectivity index (χ0v) is 10.1. The standard InChI is InChI=1S/C12H15FN4O/c1-2-14-12-16-8-10(13)11(17-12)15-6-5-9-4-3-7-18-9/h3-4,7-8H,2,5-6H2,1H3,(H2,14,15,16,17). The number of aromatic nitrogens is 2. The minimum absolute atomic E-state index is 0.201. The van der Waals surface area contributed by atoms with Crippen molar-refractivity contribution in [2.45, 2.75) is 13.3 Å². The van der Waals surface area contributed by atoms with Crippen molar-refractivity contribution in [3.8, 4) is 0 Å². The molecule has 0 aliphatic rings. The first-order chi connectivity index (χ1) is 8.79. The Hall–Kier alpha value is -2.11. The van der Waals surface area contributed by atoms with Crippen LogP contribution in [0, 0.1) is 5.82 Å². The van der Waals surface area contributed by atoms with Crippen molar-refractivity contribution < 1.29 is 8.81 Å². The number of nitrogens with one attached hydrogen (secondary N) is 2. The summed E-state index contributed by atoms with van der Waals surface area (Å²) in [6, 6.07) is 3.70. The Labute approximate surface area is 104 Å². The highest BCUT2D eigenvalue weighted by atomic mass is 19.1. The highest BCUT2D eigenvalue weighted by Crippen LogP contribution is 2.12. The minimum Gasteiger partial charge on any atom is -0.469 e. The van der Waals surface area contributed by atoms with E-state index >= 15 is 0 Å². The summed E-state index contributed by atoms with van der Waals surface area (Å²) in [4.78, 5) is 7.87. The topological polar surface area (TPSA) is 63.0 Å². The highest BCUT2D eigenvalue weighted by molar-refractivity contribution is 5.41. The molecule has 2 aromatic rings. The zero-order chi connectivity index (χ0) is 12.8. The molecule has 96 valence electrons. The van der Waals surface area contributed by atoms with Gasteiger partial charge in [-0.2, -0.15) is 4.98 Å². The van der Waals surface area contributed by atoms with Gasteiger partial charge in [0.05, 0.1) is 12.5 Å². The maximum Gasteiger partial charge on any atom is 0.224 e. The molecule has 0 atom stereocenters. The molecule has 2 aromatic heterocycles. The van der Waals surface area contributed by atoms with Gasteiger partial charge in [0.15, 0.2) is 11.6 Å². The van der Waals surface area contributed by atoms with E-state index < -0.39 is 5.82 Å². The van der Waals surface area contributed by atoms with Gasteiger partial charge in [0.25, 0.3) is 0 Å². The Morgan fingerprint density at radius 1 is 1.39 bits per heavy atom. The van der Waals surface area contributed by atoms with Crippen LogP contribution in [-0.4, -0.2) is 23.1 Å². The third-order valence-electron chi connectivity index (χ3n) is 2.32. The van der Waals surface area contributed by atoms with Crippen molar-refractivity contribution in [3.63, 3.8) is 0 Å². The maximum absolute atomic E-state index is 13.4. The molecule has 0 amide bonds. The number of nitrogens with zero attached hydrogens (tertiary/aromatic N) is 2. The second kappa shape index (κ2) is 6.00. The molecule has 0 radical (unpaired) electrons. The summed E-state index contributed by atoms with van der Waals surface area (Å²) < 4.78 is 18.6. The highest BCUT2D eigenvalue weighted by Gasteiger charge is 2.06. The summed E-state index contributed by atoms with van der Waals surface area (Å²) in [5, 5.41) is 5.86. The summed E-state index contributed by atoms with van der Waals surface area (Å²) in [5.74, 6) is 1.01. The van der Waals surface area contributed by atoms with E-state index in [9.17, 15) is 4.39 Å². The quantitative estimate of drug-likeness (QED) is 0.823. The van der Waals surface area contributed by atoms with Crippen molar-refractivity contribution >= 4 is 11.8 Å². The Kier molecular flexibility index (Phi) is 4.11. The summed E-state index contributed by atoms with van der Waals surface area (Å²) in [6.07, 6.45) is 3.44. The second-order valence-corrected chi connectivity index (χ2v) is 3.68. The molecule has 0 spiro atoms. The second-order valence-electron chi connectivity index (χ2n) is 3.68. The molecule has 2 N–H and O–H groups in total. The van der Waals surface area contributed by atoms with Crippen LogP contribution in [0.25, 0.3) is 0 Å². The minimum atomic E-state index is -0.462. The Morgan fingerprint density at radius 3 is 3.00 bits per heavy atom. The van der Waals surface area contributed by atoms with Crippen molar-refractivity contribution in [3.05, 3.63) is 36.2 Å². The fourth-order valence-corrected chi connectivity index (χ4v) is 1.49. The van der Waals surface area contributed by atoms with Gasteiger partial charge in [-0.1, -0.05) is 0 Å². The van der Waals surface area contributed by atoms with E-state index in [1.807, 2.05) is 19.1 Å². The molecule has 5 nitrogen and oxygen atoms in total. The average molecular weight is 250 g/mol. The first-order valence-corrected chi connectivity index (χ1v) is 5.82. The maximum atomic E-state index is 13.4. The van der Waals surface area contributed by atoms with Gasteiger partial charge in [-0.25, -0.2) is 9.37 Å². The monoisotopic (exact) mass is 250 g/mol. The molecule has 2 rings (SSSR count). The number of anilines is 2. The molecular weight excluding hydrogens is 235 g/mol. The van der Waals surface area contributed by atoms with Gasteiger partial charge >= 0.3 is 0 Å². The molecule has 0 fully saturated rings. The van der Waals surface area contributed by atoms with E-state index in [0.29, 0.717) is 25.5 Å². The largest absolute Gasteiger partial charge is 0.469 e. The van der Waals surface area contributed by atoms with Crippen molar-refractivity contribution in [2.24, 2.45) is 0 Å². The summed E-state index contributed by atoms with van der Waals surface area (Å²) in [5.41, 5.74) is 0. The van der Waals surface area contributed by atoms with E-state index in [2.05, 4.69) is 20.6 Å². The first-order valence-electron chi connectivity index (χ1n) is 5.82. The first kappa shape index (κ1) is 12.3. The predicted octanol–water partition coefficient (Wildman–Crippen LogP) is 2.30. The van der Waals surface area contributed by atoms with Gasteiger partial charge in [-0.15, -0.1) is 0 Å². The molecule has 0 aliphatic carbocycles. The van der Waals surface area contributed by atoms with Crippen LogP contribution >= 0.6 is 0 Å². The van der Waals surface area contributed by atoms with E-state index in [0.717, 1.165) is 12.0 Å². The van der Waals surface area contributed by atoms with Crippen LogP contribution in [0.1, 0.15) is 12.7 Å². The third-order valence-corrected chi connectivity index (χ3v) is 2.32. The lowest BCUT2D eigenvalue weighted by atomic mass is 10.3. The molecule has 0 aliphatic heterocycles. The van der Waals surface area contributed by atoms with Crippen LogP contribution in [-0.2, 0) is 6.42 Å². The van der Waals surface area contributed by atoms with Gasteiger partial charge < -0.3 is 15.1 Å². The van der Waals surface area contributed by atoms with Gasteiger partial charge in [-0.05, 0) is 19.1 Å². The molecule has 0 saturated carbocycles. The van der Waals surface area contributed by atoms with Crippen LogP contribution in [0.5, 0.6) is 0 Å². The lowest BCUT2D eigenvalue weighted by Crippen LogP contribution is -2.10. The van der Waals surface area contributed by atoms with E-state index in [-0.39, 0.29) is 5.82 Å². The Bertz CT molecular complexity index is 487. The van der Waals surface area contributed by atoms with Crippen molar-refractivity contribution in [1.29, 1.82) is 0 Å². The number of hydrogen-bond donors (Lipinski definition) is 2. The van der Waals surface area contributed by atoms with Crippen molar-refractivity contribution in [1.82, 2.24) is 9.97 Å². The van der Waals surface area contributed by atoms with Gasteiger partial charge in [0.2, 0.25) is 5.95 Å². The summed E-state index contributed by atoms with van der Waals surface area (Å²) >= 11 is 0.